The van der Waals surface area contributed by atoms with Crippen LogP contribution in [-0.4, -0.2) is 58.0 Å². The van der Waals surface area contributed by atoms with E-state index in [0.29, 0.717) is 19.2 Å². The van der Waals surface area contributed by atoms with Gasteiger partial charge in [0.05, 0.1) is 5.52 Å². The van der Waals surface area contributed by atoms with Crippen LogP contribution >= 0.6 is 0 Å². The van der Waals surface area contributed by atoms with Crippen LogP contribution < -0.4 is 10.6 Å². The predicted octanol–water partition coefficient (Wildman–Crippen LogP) is 3.08. The molecule has 2 aromatic heterocycles. The van der Waals surface area contributed by atoms with Gasteiger partial charge < -0.3 is 15.4 Å². The topological polar surface area (TPSA) is 72.4 Å². The molecule has 3 aromatic rings. The molecule has 2 N–H and O–H groups in total. The van der Waals surface area contributed by atoms with Crippen LogP contribution in [0.5, 0.6) is 0 Å². The van der Waals surface area contributed by atoms with Gasteiger partial charge in [-0.25, -0.2) is 9.67 Å². The molecule has 1 saturated heterocycles. The fourth-order valence-corrected chi connectivity index (χ4v) is 3.91. The molecule has 28 heavy (non-hydrogen) atoms. The monoisotopic (exact) mass is 382 g/mol. The van der Waals surface area contributed by atoms with E-state index in [9.17, 15) is 0 Å². The molecule has 7 heteroatoms. The van der Waals surface area contributed by atoms with E-state index >= 15 is 0 Å². The number of nitrogens with zero attached hydrogens (tertiary/aromatic N) is 5. The molecule has 0 unspecified atom stereocenters. The highest BCUT2D eigenvalue weighted by Gasteiger charge is 2.26. The Bertz CT molecular complexity index is 982. The number of nitrogen functional groups attached to an aromatic ring is 1. The van der Waals surface area contributed by atoms with Crippen molar-refractivity contribution < 1.29 is 4.74 Å². The zero-order valence-electron chi connectivity index (χ0n) is 17.3. The molecule has 3 heterocycles. The molecule has 1 fully saturated rings. The van der Waals surface area contributed by atoms with E-state index in [-0.39, 0.29) is 5.54 Å². The molecular formula is C21H30N6O. The maximum Gasteiger partial charge on any atom is 0.152 e. The number of fused-ring (bicyclic) bond motifs is 3. The van der Waals surface area contributed by atoms with Crippen LogP contribution in [0.3, 0.4) is 0 Å². The summed E-state index contributed by atoms with van der Waals surface area (Å²) in [6, 6.07) is 6.44. The van der Waals surface area contributed by atoms with Crippen molar-refractivity contribution >= 4 is 33.3 Å². The minimum absolute atomic E-state index is 0.220. The number of benzene rings is 1. The third kappa shape index (κ3) is 3.52. The van der Waals surface area contributed by atoms with Gasteiger partial charge in [-0.1, -0.05) is 0 Å². The fourth-order valence-electron chi connectivity index (χ4n) is 3.91. The first-order valence-corrected chi connectivity index (χ1v) is 10.0. The van der Waals surface area contributed by atoms with Crippen LogP contribution in [0.1, 0.15) is 27.7 Å². The van der Waals surface area contributed by atoms with Gasteiger partial charge in [-0.3, -0.25) is 4.90 Å². The van der Waals surface area contributed by atoms with Gasteiger partial charge in [0.1, 0.15) is 12.2 Å². The molecule has 0 bridgehead atoms. The molecule has 4 rings (SSSR count). The maximum absolute atomic E-state index is 6.16. The van der Waals surface area contributed by atoms with Gasteiger partial charge in [0, 0.05) is 61.0 Å². The molecule has 1 aliphatic heterocycles. The van der Waals surface area contributed by atoms with E-state index in [4.69, 9.17) is 10.5 Å². The molecule has 0 amide bonds. The summed E-state index contributed by atoms with van der Waals surface area (Å²) in [6.07, 6.45) is 2.01. The van der Waals surface area contributed by atoms with Crippen molar-refractivity contribution in [2.45, 2.75) is 40.0 Å². The zero-order chi connectivity index (χ0) is 19.9. The van der Waals surface area contributed by atoms with Crippen molar-refractivity contribution in [3.63, 3.8) is 0 Å². The second kappa shape index (κ2) is 7.22. The van der Waals surface area contributed by atoms with Crippen LogP contribution in [0.4, 0.5) is 11.5 Å². The van der Waals surface area contributed by atoms with E-state index in [1.165, 1.54) is 5.69 Å². The quantitative estimate of drug-likeness (QED) is 0.748. The molecule has 0 radical (unpaired) electrons. The Morgan fingerprint density at radius 1 is 1.11 bits per heavy atom. The van der Waals surface area contributed by atoms with Gasteiger partial charge in [0.2, 0.25) is 0 Å². The largest absolute Gasteiger partial charge is 0.382 e. The lowest BCUT2D eigenvalue weighted by molar-refractivity contribution is 0.0797. The summed E-state index contributed by atoms with van der Waals surface area (Å²) in [5.41, 5.74) is 9.24. The normalized spacial score (nSPS) is 16.4. The van der Waals surface area contributed by atoms with Crippen LogP contribution in [0.2, 0.25) is 0 Å². The Hall–Kier alpha value is -2.38. The molecule has 150 valence electrons. The Labute approximate surface area is 166 Å². The van der Waals surface area contributed by atoms with Crippen LogP contribution in [0.25, 0.3) is 21.8 Å². The zero-order valence-corrected chi connectivity index (χ0v) is 17.3. The first-order chi connectivity index (χ1) is 13.4. The number of nitrogens with two attached hydrogens (primary N) is 1. The lowest BCUT2D eigenvalue weighted by Gasteiger charge is -2.43. The number of rotatable bonds is 4. The summed E-state index contributed by atoms with van der Waals surface area (Å²) >= 11 is 0. The van der Waals surface area contributed by atoms with E-state index in [1.54, 1.807) is 4.68 Å². The molecular weight excluding hydrogens is 352 g/mol. The molecule has 1 aromatic carbocycles. The summed E-state index contributed by atoms with van der Waals surface area (Å²) in [7, 11) is 0. The van der Waals surface area contributed by atoms with Crippen LogP contribution in [-0.2, 0) is 11.5 Å². The van der Waals surface area contributed by atoms with Gasteiger partial charge in [0.15, 0.2) is 5.82 Å². The van der Waals surface area contributed by atoms with Crippen molar-refractivity contribution in [2.75, 3.05) is 43.4 Å². The average molecular weight is 383 g/mol. The van der Waals surface area contributed by atoms with E-state index in [1.807, 2.05) is 13.1 Å². The van der Waals surface area contributed by atoms with Crippen molar-refractivity contribution in [3.05, 3.63) is 24.4 Å². The smallest absolute Gasteiger partial charge is 0.152 e. The Morgan fingerprint density at radius 2 is 1.86 bits per heavy atom. The lowest BCUT2D eigenvalue weighted by Crippen LogP contribution is -2.53. The van der Waals surface area contributed by atoms with Gasteiger partial charge >= 0.3 is 0 Å². The van der Waals surface area contributed by atoms with E-state index in [0.717, 1.165) is 48.0 Å². The number of hydrogen-bond acceptors (Lipinski definition) is 6. The summed E-state index contributed by atoms with van der Waals surface area (Å²) in [5.74, 6) is 0.462. The Morgan fingerprint density at radius 3 is 2.54 bits per heavy atom. The average Bonchev–Trinajstić information content (AvgIpc) is 3.11. The number of hydrogen-bond donors (Lipinski definition) is 1. The van der Waals surface area contributed by atoms with Crippen LogP contribution in [0, 0.1) is 0 Å². The Balaban J connectivity index is 1.67. The molecule has 0 spiro atoms. The highest BCUT2D eigenvalue weighted by atomic mass is 16.5. The Kier molecular flexibility index (Phi) is 4.89. The van der Waals surface area contributed by atoms with Crippen molar-refractivity contribution in [2.24, 2.45) is 0 Å². The predicted molar refractivity (Wildman–Crippen MR) is 115 cm³/mol. The summed E-state index contributed by atoms with van der Waals surface area (Å²) in [4.78, 5) is 9.56. The van der Waals surface area contributed by atoms with Gasteiger partial charge in [-0.2, -0.15) is 5.10 Å². The van der Waals surface area contributed by atoms with E-state index < -0.39 is 0 Å². The summed E-state index contributed by atoms with van der Waals surface area (Å²) < 4.78 is 7.28. The van der Waals surface area contributed by atoms with Crippen molar-refractivity contribution in [1.29, 1.82) is 0 Å². The van der Waals surface area contributed by atoms with Gasteiger partial charge in [-0.15, -0.1) is 0 Å². The number of aromatic nitrogens is 3. The standard InChI is InChI=1S/C21H30N6O/c1-5-28-14-27-13-17-16-12-15(6-7-18(16)23-20(22)19(17)24-27)25-8-10-26(11-9-25)21(2,3)4/h6-7,12-13H,5,8-11,14H2,1-4H3,(H2,22,23). The van der Waals surface area contributed by atoms with Gasteiger partial charge in [0.25, 0.3) is 0 Å². The van der Waals surface area contributed by atoms with Crippen LogP contribution in [0.15, 0.2) is 24.4 Å². The molecule has 0 aliphatic carbocycles. The van der Waals surface area contributed by atoms with Gasteiger partial charge in [-0.05, 0) is 45.9 Å². The molecule has 7 nitrogen and oxygen atoms in total. The van der Waals surface area contributed by atoms with Crippen molar-refractivity contribution in [3.8, 4) is 0 Å². The molecule has 1 aliphatic rings. The third-order valence-corrected chi connectivity index (χ3v) is 5.54. The molecule has 0 atom stereocenters. The highest BCUT2D eigenvalue weighted by molar-refractivity contribution is 6.08. The van der Waals surface area contributed by atoms with Crippen molar-refractivity contribution in [1.82, 2.24) is 19.7 Å². The number of anilines is 2. The fraction of sp³-hybridized carbons (Fsp3) is 0.524. The van der Waals surface area contributed by atoms with E-state index in [2.05, 4.69) is 58.9 Å². The number of pyridine rings is 1. The highest BCUT2D eigenvalue weighted by Crippen LogP contribution is 2.31. The number of ether oxygens (including phenoxy) is 1. The lowest BCUT2D eigenvalue weighted by atomic mass is 10.0. The first-order valence-electron chi connectivity index (χ1n) is 10.0. The minimum atomic E-state index is 0.220. The summed E-state index contributed by atoms with van der Waals surface area (Å²) in [5, 5.41) is 6.67. The SMILES string of the molecule is CCOCn1cc2c(n1)c(N)nc1ccc(N3CCN(C(C)(C)C)CC3)cc12. The second-order valence-electron chi connectivity index (χ2n) is 8.40. The molecule has 0 saturated carbocycles. The second-order valence-corrected chi connectivity index (χ2v) is 8.40. The minimum Gasteiger partial charge on any atom is -0.382 e. The maximum atomic E-state index is 6.16. The third-order valence-electron chi connectivity index (χ3n) is 5.54. The number of piperazine rings is 1. The summed E-state index contributed by atoms with van der Waals surface area (Å²) in [6.45, 7) is 14.1. The first kappa shape index (κ1) is 19.0.